The van der Waals surface area contributed by atoms with Crippen LogP contribution in [0, 0.1) is 0 Å². The summed E-state index contributed by atoms with van der Waals surface area (Å²) >= 11 is 10.9. The van der Waals surface area contributed by atoms with E-state index >= 15 is 0 Å². The van der Waals surface area contributed by atoms with Crippen LogP contribution in [0.25, 0.3) is 0 Å². The first-order valence-electron chi connectivity index (χ1n) is 9.24. The zero-order valence-corrected chi connectivity index (χ0v) is 21.9. The molecule has 0 aromatic carbocycles. The van der Waals surface area contributed by atoms with Crippen LogP contribution in [0.2, 0.25) is 5.02 Å². The van der Waals surface area contributed by atoms with Gasteiger partial charge in [0.25, 0.3) is 0 Å². The van der Waals surface area contributed by atoms with Crippen LogP contribution in [0.1, 0.15) is 53.4 Å². The van der Waals surface area contributed by atoms with Gasteiger partial charge in [-0.15, -0.1) is 0 Å². The van der Waals surface area contributed by atoms with Gasteiger partial charge < -0.3 is 9.31 Å². The zero-order chi connectivity index (χ0) is 21.2. The molecule has 8 heteroatoms. The van der Waals surface area contributed by atoms with Crippen molar-refractivity contribution in [3.05, 3.63) is 46.2 Å². The Balaban J connectivity index is 0.000000296. The van der Waals surface area contributed by atoms with Crippen molar-refractivity contribution in [3.63, 3.8) is 0 Å². The fourth-order valence-electron chi connectivity index (χ4n) is 2.40. The fourth-order valence-corrected chi connectivity index (χ4v) is 2.79. The van der Waals surface area contributed by atoms with E-state index in [1.54, 1.807) is 38.6 Å². The molecule has 3 rings (SSSR count). The molecule has 0 bridgehead atoms. The quantitative estimate of drug-likeness (QED) is 0.227. The van der Waals surface area contributed by atoms with Crippen LogP contribution in [0.15, 0.2) is 41.2 Å². The van der Waals surface area contributed by atoms with E-state index in [2.05, 4.69) is 48.7 Å². The van der Waals surface area contributed by atoms with Crippen LogP contribution in [0.5, 0.6) is 0 Å². The van der Waals surface area contributed by atoms with Crippen molar-refractivity contribution in [2.24, 2.45) is 0 Å². The van der Waals surface area contributed by atoms with E-state index < -0.39 is 7.12 Å². The standard InChI is InChI=1S/C11H14BBrClNO2.C8H12.CH3O.Ir/c1-10(2)11(3,4)17-12(16-10)7-5-8(14)9(13)15-6-7;1-2-4-6-8-7-5-3-1;1-2;/h5-6H,1-4H3;1-2,7-8H,3-6H2;1H3;/q;;-1;+1/b;2-1-,8-7-;;. The summed E-state index contributed by atoms with van der Waals surface area (Å²) in [5.41, 5.74) is 0.130. The number of nitrogens with zero attached hydrogens (tertiary/aromatic N) is 1. The number of halogens is 2. The van der Waals surface area contributed by atoms with Crippen molar-refractivity contribution in [2.45, 2.75) is 64.6 Å². The summed E-state index contributed by atoms with van der Waals surface area (Å²) in [5.74, 6) is 0. The van der Waals surface area contributed by atoms with Gasteiger partial charge in [-0.2, -0.15) is 0 Å². The van der Waals surface area contributed by atoms with Crippen molar-refractivity contribution in [3.8, 4) is 0 Å². The molecule has 1 saturated heterocycles. The third-order valence-electron chi connectivity index (χ3n) is 4.68. The summed E-state index contributed by atoms with van der Waals surface area (Å²) in [6, 6.07) is 1.81. The van der Waals surface area contributed by atoms with Gasteiger partial charge in [0.15, 0.2) is 0 Å². The third-order valence-corrected chi connectivity index (χ3v) is 5.82. The number of aromatic nitrogens is 1. The van der Waals surface area contributed by atoms with Gasteiger partial charge in [0, 0.05) is 11.7 Å². The summed E-state index contributed by atoms with van der Waals surface area (Å²) in [7, 11) is 1.21. The van der Waals surface area contributed by atoms with Crippen molar-refractivity contribution in [2.75, 3.05) is 7.11 Å². The van der Waals surface area contributed by atoms with E-state index in [0.717, 1.165) is 5.46 Å². The Hall–Kier alpha value is -0.00571. The van der Waals surface area contributed by atoms with Crippen LogP contribution < -0.4 is 5.46 Å². The minimum absolute atomic E-state index is 0.350. The predicted molar refractivity (Wildman–Crippen MR) is 116 cm³/mol. The Morgan fingerprint density at radius 3 is 1.79 bits per heavy atom. The summed E-state index contributed by atoms with van der Waals surface area (Å²) in [4.78, 5) is 4.14. The summed E-state index contributed by atoms with van der Waals surface area (Å²) in [6.45, 7) is 8.06. The molecule has 0 radical (unpaired) electrons. The molecule has 1 fully saturated rings. The van der Waals surface area contributed by atoms with Gasteiger partial charge in [0.05, 0.1) is 16.2 Å². The Morgan fingerprint density at radius 2 is 1.43 bits per heavy atom. The number of allylic oxidation sites excluding steroid dienone is 4. The molecule has 28 heavy (non-hydrogen) atoms. The van der Waals surface area contributed by atoms with Gasteiger partial charge >= 0.3 is 37.0 Å². The van der Waals surface area contributed by atoms with Gasteiger partial charge in [-0.1, -0.05) is 35.9 Å². The first-order valence-corrected chi connectivity index (χ1v) is 11.4. The molecule has 0 atom stereocenters. The maximum absolute atomic E-state index is 6.01. The SMILES string of the molecule is C1=C\CC/C=C\CC/1.CC1(C)OB(c2cnc(Br)c(Cl)c2)OC1(C)C.C[O][Ir]. The molecule has 0 N–H and O–H groups in total. The number of pyridine rings is 1. The van der Waals surface area contributed by atoms with Crippen molar-refractivity contribution in [1.82, 2.24) is 4.98 Å². The Morgan fingerprint density at radius 1 is 1.04 bits per heavy atom. The molecule has 1 aromatic rings. The second-order valence-electron chi connectivity index (χ2n) is 7.36. The number of rotatable bonds is 1. The van der Waals surface area contributed by atoms with Crippen LogP contribution >= 0.6 is 27.5 Å². The van der Waals surface area contributed by atoms with E-state index in [1.165, 1.54) is 25.7 Å². The molecule has 1 aromatic heterocycles. The number of hydrogen-bond acceptors (Lipinski definition) is 4. The predicted octanol–water partition coefficient (Wildman–Crippen LogP) is 5.56. The van der Waals surface area contributed by atoms with Crippen LogP contribution in [-0.2, 0) is 32.1 Å². The normalized spacial score (nSPS) is 22.0. The summed E-state index contributed by atoms with van der Waals surface area (Å²) in [6.07, 6.45) is 15.7. The molecule has 2 heterocycles. The maximum atomic E-state index is 6.01. The molecular weight excluding hydrogens is 621 g/mol. The topological polar surface area (TPSA) is 40.6 Å². The van der Waals surface area contributed by atoms with Gasteiger partial charge in [0.1, 0.15) is 4.60 Å². The average molecular weight is 650 g/mol. The molecule has 0 amide bonds. The second kappa shape index (κ2) is 12.6. The van der Waals surface area contributed by atoms with Gasteiger partial charge in [0.2, 0.25) is 0 Å². The molecule has 1 aliphatic carbocycles. The first kappa shape index (κ1) is 26.0. The van der Waals surface area contributed by atoms with Crippen LogP contribution in [0.3, 0.4) is 0 Å². The molecule has 4 nitrogen and oxygen atoms in total. The molecular formula is C20H29BBrClIrNO3. The molecule has 0 saturated carbocycles. The third kappa shape index (κ3) is 8.39. The monoisotopic (exact) mass is 649 g/mol. The van der Waals surface area contributed by atoms with Crippen molar-refractivity contribution >= 4 is 40.1 Å². The number of hydrogen-bond donors (Lipinski definition) is 0. The Labute approximate surface area is 194 Å². The summed E-state index contributed by atoms with van der Waals surface area (Å²) in [5, 5.41) is 0.553. The van der Waals surface area contributed by atoms with Gasteiger partial charge in [-0.05, 0) is 75.4 Å². The van der Waals surface area contributed by atoms with Crippen molar-refractivity contribution < 1.29 is 32.1 Å². The van der Waals surface area contributed by atoms with E-state index in [9.17, 15) is 0 Å². The minimum atomic E-state index is -0.418. The second-order valence-corrected chi connectivity index (χ2v) is 9.50. The molecule has 2 aliphatic rings. The summed E-state index contributed by atoms with van der Waals surface area (Å²) < 4.78 is 16.7. The van der Waals surface area contributed by atoms with E-state index in [-0.39, 0.29) is 11.2 Å². The average Bonchev–Trinajstić information content (AvgIpc) is 2.79. The Kier molecular flexibility index (Phi) is 11.7. The van der Waals surface area contributed by atoms with E-state index in [4.69, 9.17) is 20.9 Å². The van der Waals surface area contributed by atoms with Gasteiger partial charge in [-0.25, -0.2) is 4.98 Å². The van der Waals surface area contributed by atoms with E-state index in [1.807, 2.05) is 27.7 Å². The van der Waals surface area contributed by atoms with Gasteiger partial charge in [-0.3, -0.25) is 0 Å². The fraction of sp³-hybridized carbons (Fsp3) is 0.550. The first-order chi connectivity index (χ1) is 13.1. The molecule has 0 spiro atoms. The Bertz CT molecular complexity index is 629. The molecule has 1 aliphatic heterocycles. The van der Waals surface area contributed by atoms with Crippen LogP contribution in [0.4, 0.5) is 0 Å². The van der Waals surface area contributed by atoms with Crippen LogP contribution in [-0.4, -0.2) is 30.4 Å². The molecule has 158 valence electrons. The molecule has 0 unspecified atom stereocenters. The zero-order valence-electron chi connectivity index (χ0n) is 17.1. The van der Waals surface area contributed by atoms with E-state index in [0.29, 0.717) is 9.63 Å². The van der Waals surface area contributed by atoms with Crippen molar-refractivity contribution in [1.29, 1.82) is 0 Å².